The first-order valence-electron chi connectivity index (χ1n) is 9.32. The van der Waals surface area contributed by atoms with E-state index in [0.29, 0.717) is 38.7 Å². The van der Waals surface area contributed by atoms with Crippen LogP contribution < -0.4 is 15.5 Å². The second-order valence-corrected chi connectivity index (χ2v) is 7.25. The standard InChI is InChI=1S/C24H19ClN2O3/c1-27-20-6-4-3-5-19(20)22(28)21(15-7-11-17(25)12-8-15)23(27)26-24(29)16-9-13-18(30-2)14-10-16/h3-14H,1-2H3,(H,26,29). The summed E-state index contributed by atoms with van der Waals surface area (Å²) in [4.78, 5) is 26.3. The van der Waals surface area contributed by atoms with E-state index >= 15 is 0 Å². The molecule has 0 saturated heterocycles. The van der Waals surface area contributed by atoms with E-state index in [-0.39, 0.29) is 11.3 Å². The van der Waals surface area contributed by atoms with Crippen LogP contribution in [0.15, 0.2) is 77.6 Å². The predicted molar refractivity (Wildman–Crippen MR) is 121 cm³/mol. The van der Waals surface area contributed by atoms with E-state index in [0.717, 1.165) is 5.52 Å². The van der Waals surface area contributed by atoms with Gasteiger partial charge in [0.1, 0.15) is 11.6 Å². The van der Waals surface area contributed by atoms with Gasteiger partial charge in [-0.05, 0) is 54.1 Å². The first-order chi connectivity index (χ1) is 14.5. The molecule has 0 radical (unpaired) electrons. The number of benzene rings is 3. The zero-order chi connectivity index (χ0) is 21.3. The van der Waals surface area contributed by atoms with E-state index in [1.54, 1.807) is 61.7 Å². The molecule has 150 valence electrons. The number of carbonyl (C=O) groups is 1. The number of pyridine rings is 1. The highest BCUT2D eigenvalue weighted by molar-refractivity contribution is 6.30. The highest BCUT2D eigenvalue weighted by Gasteiger charge is 2.19. The molecule has 3 aromatic carbocycles. The van der Waals surface area contributed by atoms with Gasteiger partial charge >= 0.3 is 0 Å². The number of nitrogens with zero attached hydrogens (tertiary/aromatic N) is 1. The summed E-state index contributed by atoms with van der Waals surface area (Å²) in [5.74, 6) is 0.756. The zero-order valence-corrected chi connectivity index (χ0v) is 17.2. The number of nitrogens with one attached hydrogen (secondary N) is 1. The fourth-order valence-corrected chi connectivity index (χ4v) is 3.57. The summed E-state index contributed by atoms with van der Waals surface area (Å²) in [6.45, 7) is 0. The number of ether oxygens (including phenoxy) is 1. The minimum absolute atomic E-state index is 0.156. The first kappa shape index (κ1) is 19.7. The monoisotopic (exact) mass is 418 g/mol. The molecule has 4 rings (SSSR count). The number of methoxy groups -OCH3 is 1. The van der Waals surface area contributed by atoms with Crippen LogP contribution in [0.4, 0.5) is 5.82 Å². The average Bonchev–Trinajstić information content (AvgIpc) is 2.78. The number of hydrogen-bond acceptors (Lipinski definition) is 3. The minimum Gasteiger partial charge on any atom is -0.497 e. The molecule has 0 aliphatic carbocycles. The molecule has 1 aromatic heterocycles. The number of aryl methyl sites for hydroxylation is 1. The van der Waals surface area contributed by atoms with Crippen LogP contribution in [0.25, 0.3) is 22.0 Å². The summed E-state index contributed by atoms with van der Waals surface area (Å²) < 4.78 is 6.97. The van der Waals surface area contributed by atoms with Crippen molar-refractivity contribution in [3.8, 4) is 16.9 Å². The van der Waals surface area contributed by atoms with E-state index in [9.17, 15) is 9.59 Å². The maximum Gasteiger partial charge on any atom is 0.256 e. The molecular weight excluding hydrogens is 400 g/mol. The lowest BCUT2D eigenvalue weighted by Crippen LogP contribution is -2.21. The van der Waals surface area contributed by atoms with Gasteiger partial charge in [-0.25, -0.2) is 0 Å². The molecule has 0 bridgehead atoms. The van der Waals surface area contributed by atoms with Gasteiger partial charge < -0.3 is 14.6 Å². The molecule has 0 fully saturated rings. The molecule has 1 heterocycles. The summed E-state index contributed by atoms with van der Waals surface area (Å²) in [7, 11) is 3.39. The van der Waals surface area contributed by atoms with E-state index in [1.165, 1.54) is 0 Å². The Kier molecular flexibility index (Phi) is 5.29. The van der Waals surface area contributed by atoms with Crippen LogP contribution in [0.1, 0.15) is 10.4 Å². The van der Waals surface area contributed by atoms with E-state index in [2.05, 4.69) is 5.32 Å². The molecule has 0 spiro atoms. The second-order valence-electron chi connectivity index (χ2n) is 6.82. The van der Waals surface area contributed by atoms with Crippen molar-refractivity contribution in [2.75, 3.05) is 12.4 Å². The van der Waals surface area contributed by atoms with Gasteiger partial charge in [-0.15, -0.1) is 0 Å². The number of rotatable bonds is 4. The summed E-state index contributed by atoms with van der Waals surface area (Å²) in [6, 6.07) is 21.1. The SMILES string of the molecule is COc1ccc(C(=O)Nc2c(-c3ccc(Cl)cc3)c(=O)c3ccccc3n2C)cc1. The van der Waals surface area contributed by atoms with Gasteiger partial charge in [-0.2, -0.15) is 0 Å². The molecule has 30 heavy (non-hydrogen) atoms. The number of amides is 1. The highest BCUT2D eigenvalue weighted by atomic mass is 35.5. The van der Waals surface area contributed by atoms with Crippen LogP contribution in [-0.2, 0) is 7.05 Å². The Balaban J connectivity index is 1.89. The summed E-state index contributed by atoms with van der Waals surface area (Å²) in [5.41, 5.74) is 2.12. The third kappa shape index (κ3) is 3.55. The Bertz CT molecular complexity index is 1290. The average molecular weight is 419 g/mol. The van der Waals surface area contributed by atoms with Gasteiger partial charge in [-0.3, -0.25) is 9.59 Å². The normalized spacial score (nSPS) is 10.8. The van der Waals surface area contributed by atoms with Crippen molar-refractivity contribution in [3.05, 3.63) is 93.6 Å². The first-order valence-corrected chi connectivity index (χ1v) is 9.70. The quantitative estimate of drug-likeness (QED) is 0.500. The van der Waals surface area contributed by atoms with Gasteiger partial charge in [0.15, 0.2) is 5.43 Å². The third-order valence-electron chi connectivity index (χ3n) is 5.03. The number of para-hydroxylation sites is 1. The van der Waals surface area contributed by atoms with Crippen molar-refractivity contribution in [2.45, 2.75) is 0 Å². The molecule has 1 amide bonds. The molecule has 6 heteroatoms. The molecule has 0 atom stereocenters. The molecular formula is C24H19ClN2O3. The van der Waals surface area contributed by atoms with Crippen molar-refractivity contribution >= 4 is 34.2 Å². The maximum absolute atomic E-state index is 13.4. The lowest BCUT2D eigenvalue weighted by atomic mass is 10.0. The fourth-order valence-electron chi connectivity index (χ4n) is 3.44. The van der Waals surface area contributed by atoms with Crippen LogP contribution in [0.5, 0.6) is 5.75 Å². The zero-order valence-electron chi connectivity index (χ0n) is 16.5. The topological polar surface area (TPSA) is 60.3 Å². The largest absolute Gasteiger partial charge is 0.497 e. The third-order valence-corrected chi connectivity index (χ3v) is 5.28. The Labute approximate surface area is 178 Å². The second kappa shape index (κ2) is 8.05. The van der Waals surface area contributed by atoms with Crippen LogP contribution in [0, 0.1) is 0 Å². The van der Waals surface area contributed by atoms with Crippen molar-refractivity contribution in [2.24, 2.45) is 7.05 Å². The van der Waals surface area contributed by atoms with Crippen LogP contribution in [0.2, 0.25) is 5.02 Å². The van der Waals surface area contributed by atoms with Gasteiger partial charge in [0.2, 0.25) is 0 Å². The van der Waals surface area contributed by atoms with Crippen molar-refractivity contribution < 1.29 is 9.53 Å². The number of carbonyl (C=O) groups excluding carboxylic acids is 1. The van der Waals surface area contributed by atoms with Gasteiger partial charge in [-0.1, -0.05) is 35.9 Å². The number of fused-ring (bicyclic) bond motifs is 1. The molecule has 4 aromatic rings. The predicted octanol–water partition coefficient (Wildman–Crippen LogP) is 5.12. The van der Waals surface area contributed by atoms with Gasteiger partial charge in [0.05, 0.1) is 18.2 Å². The summed E-state index contributed by atoms with van der Waals surface area (Å²) >= 11 is 6.03. The van der Waals surface area contributed by atoms with E-state index < -0.39 is 0 Å². The number of anilines is 1. The smallest absolute Gasteiger partial charge is 0.256 e. The maximum atomic E-state index is 13.4. The van der Waals surface area contributed by atoms with E-state index in [1.807, 2.05) is 29.8 Å². The lowest BCUT2D eigenvalue weighted by Gasteiger charge is -2.18. The molecule has 0 saturated carbocycles. The highest BCUT2D eigenvalue weighted by Crippen LogP contribution is 2.29. The lowest BCUT2D eigenvalue weighted by molar-refractivity contribution is 0.102. The van der Waals surface area contributed by atoms with Gasteiger partial charge in [0, 0.05) is 23.0 Å². The summed E-state index contributed by atoms with van der Waals surface area (Å²) in [6.07, 6.45) is 0. The molecule has 0 aliphatic rings. The molecule has 0 unspecified atom stereocenters. The summed E-state index contributed by atoms with van der Waals surface area (Å²) in [5, 5.41) is 4.07. The van der Waals surface area contributed by atoms with Crippen molar-refractivity contribution in [1.82, 2.24) is 4.57 Å². The Morgan fingerprint density at radius 3 is 2.30 bits per heavy atom. The molecule has 5 nitrogen and oxygen atoms in total. The fraction of sp³-hybridized carbons (Fsp3) is 0.0833. The molecule has 0 aliphatic heterocycles. The number of halogens is 1. The van der Waals surface area contributed by atoms with Crippen molar-refractivity contribution in [1.29, 1.82) is 0 Å². The van der Waals surface area contributed by atoms with Crippen molar-refractivity contribution in [3.63, 3.8) is 0 Å². The number of aromatic nitrogens is 1. The van der Waals surface area contributed by atoms with Crippen LogP contribution >= 0.6 is 11.6 Å². The van der Waals surface area contributed by atoms with Gasteiger partial charge in [0.25, 0.3) is 5.91 Å². The Morgan fingerprint density at radius 1 is 0.967 bits per heavy atom. The Morgan fingerprint density at radius 2 is 1.63 bits per heavy atom. The van der Waals surface area contributed by atoms with E-state index in [4.69, 9.17) is 16.3 Å². The Hall–Kier alpha value is -3.57. The minimum atomic E-state index is -0.321. The van der Waals surface area contributed by atoms with Crippen LogP contribution in [0.3, 0.4) is 0 Å². The number of hydrogen-bond donors (Lipinski definition) is 1. The molecule has 1 N–H and O–H groups in total. The van der Waals surface area contributed by atoms with Crippen LogP contribution in [-0.4, -0.2) is 17.6 Å².